The number of hydrogen-bond acceptors (Lipinski definition) is 8. The number of phenols is 1. The highest BCUT2D eigenvalue weighted by Gasteiger charge is 2.62. The predicted molar refractivity (Wildman–Crippen MR) is 119 cm³/mol. The number of allylic oxidation sites excluding steroid dienone is 1. The van der Waals surface area contributed by atoms with Crippen LogP contribution < -0.4 is 5.73 Å². The van der Waals surface area contributed by atoms with E-state index in [0.29, 0.717) is 12.0 Å². The van der Waals surface area contributed by atoms with E-state index in [4.69, 9.17) is 5.73 Å². The van der Waals surface area contributed by atoms with Crippen molar-refractivity contribution in [3.63, 3.8) is 0 Å². The molecule has 0 saturated heterocycles. The van der Waals surface area contributed by atoms with Crippen LogP contribution in [0.15, 0.2) is 35.6 Å². The van der Waals surface area contributed by atoms with Crippen molar-refractivity contribution in [2.75, 3.05) is 0 Å². The molecule has 1 heterocycles. The Morgan fingerprint density at radius 3 is 2.52 bits per heavy atom. The van der Waals surface area contributed by atoms with E-state index in [1.54, 1.807) is 17.4 Å². The number of aromatic hydroxyl groups is 1. The molecular formula is C24H23NO7S. The van der Waals surface area contributed by atoms with Crippen LogP contribution in [0.5, 0.6) is 5.75 Å². The molecule has 1 aromatic carbocycles. The summed E-state index contributed by atoms with van der Waals surface area (Å²) in [5.74, 6) is -7.02. The lowest BCUT2D eigenvalue weighted by molar-refractivity contribution is -0.167. The van der Waals surface area contributed by atoms with Crippen molar-refractivity contribution in [2.45, 2.75) is 37.9 Å². The number of aryl methyl sites for hydroxylation is 1. The van der Waals surface area contributed by atoms with Crippen molar-refractivity contribution in [3.05, 3.63) is 51.6 Å². The second-order valence-electron chi connectivity index (χ2n) is 9.13. The molecule has 5 atom stereocenters. The van der Waals surface area contributed by atoms with Crippen molar-refractivity contribution in [1.29, 1.82) is 0 Å². The Labute approximate surface area is 193 Å². The second kappa shape index (κ2) is 7.24. The first-order valence-corrected chi connectivity index (χ1v) is 11.5. The molecule has 8 nitrogen and oxygen atoms in total. The molecule has 1 fully saturated rings. The Hall–Kier alpha value is -3.01. The maximum atomic E-state index is 13.5. The number of carbonyl (C=O) groups is 3. The Bertz CT molecular complexity index is 1260. The van der Waals surface area contributed by atoms with Crippen LogP contribution in [0, 0.1) is 24.7 Å². The van der Waals surface area contributed by atoms with E-state index in [2.05, 4.69) is 0 Å². The smallest absolute Gasteiger partial charge is 0.230 e. The largest absolute Gasteiger partial charge is 0.508 e. The minimum atomic E-state index is -2.49. The molecule has 3 aliphatic carbocycles. The van der Waals surface area contributed by atoms with Crippen LogP contribution >= 0.6 is 11.3 Å². The topological polar surface area (TPSA) is 158 Å². The van der Waals surface area contributed by atoms with E-state index < -0.39 is 52.7 Å². The van der Waals surface area contributed by atoms with Crippen LogP contribution in [0.1, 0.15) is 33.6 Å². The molecule has 33 heavy (non-hydrogen) atoms. The Kier molecular flexibility index (Phi) is 4.79. The van der Waals surface area contributed by atoms with Crippen LogP contribution in [0.4, 0.5) is 0 Å². The van der Waals surface area contributed by atoms with Gasteiger partial charge in [0, 0.05) is 21.2 Å². The van der Waals surface area contributed by atoms with Gasteiger partial charge in [0.15, 0.2) is 17.2 Å². The monoisotopic (exact) mass is 469 g/mol. The zero-order valence-electron chi connectivity index (χ0n) is 17.7. The lowest BCUT2D eigenvalue weighted by Gasteiger charge is -2.48. The van der Waals surface area contributed by atoms with Gasteiger partial charge in [-0.1, -0.05) is 0 Å². The van der Waals surface area contributed by atoms with E-state index in [-0.39, 0.29) is 29.7 Å². The number of nitrogens with two attached hydrogens (primary N) is 1. The number of Topliss-reactive ketones (excluding diaryl/α,β-unsaturated/α-hetero) is 2. The number of fused-ring (bicyclic) bond motifs is 3. The molecule has 2 aromatic rings. The third-order valence-corrected chi connectivity index (χ3v) is 8.31. The molecule has 0 radical (unpaired) electrons. The summed E-state index contributed by atoms with van der Waals surface area (Å²) >= 11 is 1.56. The van der Waals surface area contributed by atoms with Gasteiger partial charge in [0.05, 0.1) is 11.7 Å². The van der Waals surface area contributed by atoms with Crippen LogP contribution in [-0.4, -0.2) is 49.6 Å². The zero-order chi connectivity index (χ0) is 23.8. The summed E-state index contributed by atoms with van der Waals surface area (Å²) < 4.78 is 0. The zero-order valence-corrected chi connectivity index (χ0v) is 18.6. The number of hydrogen-bond donors (Lipinski definition) is 5. The fraction of sp³-hybridized carbons (Fsp3) is 0.375. The van der Waals surface area contributed by atoms with E-state index >= 15 is 0 Å². The number of aliphatic hydroxyl groups excluding tert-OH is 2. The van der Waals surface area contributed by atoms with Gasteiger partial charge in [-0.2, -0.15) is 0 Å². The number of thiophene rings is 1. The third kappa shape index (κ3) is 2.92. The number of rotatable bonds is 2. The molecule has 0 bridgehead atoms. The fourth-order valence-corrected chi connectivity index (χ4v) is 6.66. The van der Waals surface area contributed by atoms with Gasteiger partial charge in [0.1, 0.15) is 17.4 Å². The van der Waals surface area contributed by atoms with E-state index in [1.807, 2.05) is 19.1 Å². The predicted octanol–water partition coefficient (Wildman–Crippen LogP) is 1.78. The summed E-state index contributed by atoms with van der Waals surface area (Å²) in [5, 5.41) is 43.2. The number of amides is 1. The van der Waals surface area contributed by atoms with Gasteiger partial charge in [-0.25, -0.2) is 0 Å². The van der Waals surface area contributed by atoms with E-state index in [9.17, 15) is 34.8 Å². The molecule has 1 aromatic heterocycles. The molecule has 9 heteroatoms. The Balaban J connectivity index is 1.68. The number of carbonyl (C=O) groups excluding carboxylic acids is 3. The average Bonchev–Trinajstić information content (AvgIpc) is 3.16. The number of benzene rings is 1. The molecule has 2 unspecified atom stereocenters. The third-order valence-electron chi connectivity index (χ3n) is 7.28. The van der Waals surface area contributed by atoms with Crippen molar-refractivity contribution in [3.8, 4) is 16.2 Å². The summed E-state index contributed by atoms with van der Waals surface area (Å²) in [6.45, 7) is 1.97. The average molecular weight is 470 g/mol. The number of phenolic OH excluding ortho intramolecular Hbond substituents is 1. The first kappa shape index (κ1) is 21.8. The Morgan fingerprint density at radius 1 is 1.15 bits per heavy atom. The van der Waals surface area contributed by atoms with Crippen LogP contribution in [0.3, 0.4) is 0 Å². The summed E-state index contributed by atoms with van der Waals surface area (Å²) in [6.07, 6.45) is -1.05. The molecule has 6 N–H and O–H groups in total. The van der Waals surface area contributed by atoms with Gasteiger partial charge in [-0.15, -0.1) is 11.3 Å². The highest BCUT2D eigenvalue weighted by molar-refractivity contribution is 7.15. The Morgan fingerprint density at radius 2 is 1.88 bits per heavy atom. The quantitative estimate of drug-likeness (QED) is 0.419. The minimum absolute atomic E-state index is 0.0353. The maximum Gasteiger partial charge on any atom is 0.230 e. The summed E-state index contributed by atoms with van der Waals surface area (Å²) in [6, 6.07) is 7.09. The standard InChI is InChI=1S/C24H23NO7S/c1-9-2-5-16(33-9)12-3-4-14(26)18-13(12)7-10-6-11-8-15(27)19(23(25)31)22(30)24(11,32)21(29)17(10)20(18)28/h2-5,10-11,15,19,26-27,29,32H,6-8H2,1H3,(H2,25,31)/t10-,11+,15?,19?,24+/m1/s1. The first-order chi connectivity index (χ1) is 15.6. The van der Waals surface area contributed by atoms with Gasteiger partial charge in [-0.05, 0) is 67.5 Å². The van der Waals surface area contributed by atoms with Gasteiger partial charge in [0.25, 0.3) is 0 Å². The molecule has 0 aliphatic heterocycles. The van der Waals surface area contributed by atoms with Crippen LogP contribution in [0.2, 0.25) is 0 Å². The highest BCUT2D eigenvalue weighted by atomic mass is 32.1. The summed E-state index contributed by atoms with van der Waals surface area (Å²) in [7, 11) is 0. The maximum absolute atomic E-state index is 13.5. The van der Waals surface area contributed by atoms with Crippen molar-refractivity contribution >= 4 is 28.8 Å². The molecule has 172 valence electrons. The summed E-state index contributed by atoms with van der Waals surface area (Å²) in [4.78, 5) is 40.3. The van der Waals surface area contributed by atoms with E-state index in [0.717, 1.165) is 15.3 Å². The SMILES string of the molecule is Cc1ccc(-c2ccc(O)c3c2C[C@H]2C[C@H]4CC(O)C(C(N)=O)C(=O)[C@@]4(O)C(O)=C2C3=O)s1. The molecule has 0 spiro atoms. The van der Waals surface area contributed by atoms with Gasteiger partial charge >= 0.3 is 0 Å². The van der Waals surface area contributed by atoms with Crippen molar-refractivity contribution in [1.82, 2.24) is 0 Å². The van der Waals surface area contributed by atoms with Gasteiger partial charge < -0.3 is 26.2 Å². The summed E-state index contributed by atoms with van der Waals surface area (Å²) in [5.41, 5.74) is 4.13. The molecule has 1 amide bonds. The van der Waals surface area contributed by atoms with Gasteiger partial charge in [-0.3, -0.25) is 14.4 Å². The normalized spacial score (nSPS) is 31.1. The van der Waals surface area contributed by atoms with E-state index in [1.165, 1.54) is 6.07 Å². The molecule has 1 saturated carbocycles. The van der Waals surface area contributed by atoms with Crippen LogP contribution in [0.25, 0.3) is 10.4 Å². The number of aliphatic hydroxyl groups is 3. The van der Waals surface area contributed by atoms with Crippen molar-refractivity contribution < 1.29 is 34.8 Å². The van der Waals surface area contributed by atoms with Gasteiger partial charge in [0.2, 0.25) is 5.91 Å². The van der Waals surface area contributed by atoms with Crippen LogP contribution in [-0.2, 0) is 16.0 Å². The number of primary amides is 1. The first-order valence-electron chi connectivity index (χ1n) is 10.7. The molecule has 5 rings (SSSR count). The minimum Gasteiger partial charge on any atom is -0.508 e. The second-order valence-corrected chi connectivity index (χ2v) is 10.4. The lowest BCUT2D eigenvalue weighted by Crippen LogP contribution is -2.63. The highest BCUT2D eigenvalue weighted by Crippen LogP contribution is 2.52. The number of ketones is 2. The molecule has 3 aliphatic rings. The van der Waals surface area contributed by atoms with Crippen molar-refractivity contribution in [2.24, 2.45) is 23.5 Å². The fourth-order valence-electron chi connectivity index (χ4n) is 5.74. The lowest BCUT2D eigenvalue weighted by atomic mass is 9.57. The molecular weight excluding hydrogens is 446 g/mol.